The molecule has 0 N–H and O–H groups in total. The maximum atomic E-state index is 12.0. The Balaban J connectivity index is 2.14. The van der Waals surface area contributed by atoms with Crippen LogP contribution < -0.4 is 9.47 Å². The largest absolute Gasteiger partial charge is 0.488 e. The lowest BCUT2D eigenvalue weighted by molar-refractivity contribution is -0.151. The molecule has 0 saturated heterocycles. The Labute approximate surface area is 233 Å². The Morgan fingerprint density at radius 2 is 1.15 bits per heavy atom. The summed E-state index contributed by atoms with van der Waals surface area (Å²) in [6.07, 6.45) is 2.29. The quantitative estimate of drug-likeness (QED) is 0.154. The van der Waals surface area contributed by atoms with Gasteiger partial charge in [0.25, 0.3) is 0 Å². The second-order valence-electron chi connectivity index (χ2n) is 10.6. The molecule has 3 aromatic rings. The van der Waals surface area contributed by atoms with Gasteiger partial charge in [-0.15, -0.1) is 0 Å². The van der Waals surface area contributed by atoms with Crippen molar-refractivity contribution < 1.29 is 28.5 Å². The summed E-state index contributed by atoms with van der Waals surface area (Å²) >= 11 is 0. The van der Waals surface area contributed by atoms with Gasteiger partial charge in [-0.2, -0.15) is 0 Å². The summed E-state index contributed by atoms with van der Waals surface area (Å²) < 4.78 is 24.1. The van der Waals surface area contributed by atoms with Gasteiger partial charge in [0.1, 0.15) is 36.9 Å². The topological polar surface area (TPSA) is 71.1 Å². The van der Waals surface area contributed by atoms with Crippen molar-refractivity contribution in [2.24, 2.45) is 0 Å². The van der Waals surface area contributed by atoms with Crippen LogP contribution in [0.2, 0.25) is 0 Å². The van der Waals surface area contributed by atoms with Gasteiger partial charge in [-0.3, -0.25) is 9.59 Å². The highest BCUT2D eigenvalue weighted by molar-refractivity contribution is 6.11. The Morgan fingerprint density at radius 1 is 0.692 bits per heavy atom. The number of rotatable bonds is 14. The normalized spacial score (nSPS) is 13.2. The van der Waals surface area contributed by atoms with Crippen LogP contribution in [0.25, 0.3) is 21.5 Å². The molecule has 0 bridgehead atoms. The van der Waals surface area contributed by atoms with E-state index in [9.17, 15) is 9.59 Å². The number of ether oxygens (including phenoxy) is 4. The minimum atomic E-state index is -0.337. The van der Waals surface area contributed by atoms with Crippen molar-refractivity contribution in [3.8, 4) is 11.5 Å². The summed E-state index contributed by atoms with van der Waals surface area (Å²) in [6, 6.07) is 14.5. The van der Waals surface area contributed by atoms with Crippen molar-refractivity contribution in [2.75, 3.05) is 13.2 Å². The lowest BCUT2D eigenvalue weighted by Gasteiger charge is -2.26. The van der Waals surface area contributed by atoms with E-state index in [1.807, 2.05) is 38.1 Å². The van der Waals surface area contributed by atoms with E-state index in [-0.39, 0.29) is 42.8 Å². The van der Waals surface area contributed by atoms with E-state index in [4.69, 9.17) is 18.9 Å². The molecule has 6 nitrogen and oxygen atoms in total. The molecule has 0 spiro atoms. The number of hydrogen-bond donors (Lipinski definition) is 0. The van der Waals surface area contributed by atoms with Crippen LogP contribution in [0.4, 0.5) is 0 Å². The zero-order chi connectivity index (χ0) is 28.6. The molecular weight excluding hydrogens is 492 g/mol. The van der Waals surface area contributed by atoms with E-state index >= 15 is 0 Å². The predicted molar refractivity (Wildman–Crippen MR) is 157 cm³/mol. The maximum absolute atomic E-state index is 12.0. The molecule has 0 aliphatic rings. The highest BCUT2D eigenvalue weighted by Gasteiger charge is 2.24. The summed E-state index contributed by atoms with van der Waals surface area (Å²) in [6.45, 7) is 14.7. The third kappa shape index (κ3) is 7.23. The molecule has 2 unspecified atom stereocenters. The summed E-state index contributed by atoms with van der Waals surface area (Å²) in [5.41, 5.74) is 1.18. The van der Waals surface area contributed by atoms with Crippen molar-refractivity contribution in [3.63, 3.8) is 0 Å². The zero-order valence-electron chi connectivity index (χ0n) is 24.6. The number of hydrogen-bond acceptors (Lipinski definition) is 6. The summed E-state index contributed by atoms with van der Waals surface area (Å²) in [5.74, 6) is 1.02. The Kier molecular flexibility index (Phi) is 10.6. The van der Waals surface area contributed by atoms with Crippen molar-refractivity contribution in [3.05, 3.63) is 48.0 Å². The van der Waals surface area contributed by atoms with Crippen LogP contribution >= 0.6 is 0 Å². The highest BCUT2D eigenvalue weighted by atomic mass is 16.6. The van der Waals surface area contributed by atoms with Crippen LogP contribution in [0.3, 0.4) is 0 Å². The molecule has 0 saturated carbocycles. The predicted octanol–water partition coefficient (Wildman–Crippen LogP) is 7.90. The third-order valence-corrected chi connectivity index (χ3v) is 7.50. The molecule has 2 atom stereocenters. The lowest BCUT2D eigenvalue weighted by Crippen LogP contribution is -2.24. The first-order valence-corrected chi connectivity index (χ1v) is 14.3. The van der Waals surface area contributed by atoms with Crippen molar-refractivity contribution >= 4 is 33.5 Å². The highest BCUT2D eigenvalue weighted by Crippen LogP contribution is 2.44. The van der Waals surface area contributed by atoms with Crippen molar-refractivity contribution in [2.45, 2.75) is 98.2 Å². The number of fused-ring (bicyclic) bond motifs is 2. The molecule has 39 heavy (non-hydrogen) atoms. The average molecular weight is 537 g/mol. The van der Waals surface area contributed by atoms with Crippen LogP contribution in [0, 0.1) is 0 Å². The van der Waals surface area contributed by atoms with Crippen molar-refractivity contribution in [1.82, 2.24) is 0 Å². The fourth-order valence-corrected chi connectivity index (χ4v) is 4.40. The first-order chi connectivity index (χ1) is 18.7. The average Bonchev–Trinajstić information content (AvgIpc) is 2.96. The molecular formula is C33H44O6. The second kappa shape index (κ2) is 13.7. The molecule has 0 heterocycles. The number of carbonyl (C=O) groups excluding carboxylic acids is 2. The minimum Gasteiger partial charge on any atom is -0.488 e. The second-order valence-corrected chi connectivity index (χ2v) is 10.6. The molecule has 3 aromatic carbocycles. The molecule has 0 aromatic heterocycles. The number of carbonyl (C=O) groups is 2. The summed E-state index contributed by atoms with van der Waals surface area (Å²) in [4.78, 5) is 23.9. The van der Waals surface area contributed by atoms with Gasteiger partial charge >= 0.3 is 11.9 Å². The standard InChI is InChI=1S/C33H44O6/c1-8-23(38-29(34)10-3)20-36-31-25-15-13-14-16-26(25)32(37-21-24(9-2)39-30(35)11-4)28-19-22(17-18-27(28)31)33(6,7)12-5/h13-19,23-24H,8-12,20-21H2,1-7H3. The van der Waals surface area contributed by atoms with E-state index in [0.29, 0.717) is 25.7 Å². The first-order valence-electron chi connectivity index (χ1n) is 14.3. The molecule has 0 aliphatic carbocycles. The third-order valence-electron chi connectivity index (χ3n) is 7.50. The Hall–Kier alpha value is -3.28. The number of benzene rings is 3. The van der Waals surface area contributed by atoms with Gasteiger partial charge in [0.05, 0.1) is 0 Å². The van der Waals surface area contributed by atoms with Crippen LogP contribution in [-0.4, -0.2) is 37.4 Å². The van der Waals surface area contributed by atoms with Gasteiger partial charge in [0.15, 0.2) is 0 Å². The molecule has 0 aliphatic heterocycles. The smallest absolute Gasteiger partial charge is 0.305 e. The molecule has 0 radical (unpaired) electrons. The van der Waals surface area contributed by atoms with E-state index < -0.39 is 0 Å². The van der Waals surface area contributed by atoms with Gasteiger partial charge in [0, 0.05) is 34.4 Å². The minimum absolute atomic E-state index is 0.0254. The molecule has 212 valence electrons. The van der Waals surface area contributed by atoms with Gasteiger partial charge in [-0.05, 0) is 36.3 Å². The van der Waals surface area contributed by atoms with Gasteiger partial charge in [0.2, 0.25) is 0 Å². The van der Waals surface area contributed by atoms with E-state index in [0.717, 1.165) is 39.5 Å². The van der Waals surface area contributed by atoms with Gasteiger partial charge in [-0.1, -0.05) is 84.9 Å². The Morgan fingerprint density at radius 3 is 1.59 bits per heavy atom. The van der Waals surface area contributed by atoms with Crippen LogP contribution in [0.1, 0.15) is 86.1 Å². The molecule has 3 rings (SSSR count). The van der Waals surface area contributed by atoms with Crippen LogP contribution in [-0.2, 0) is 24.5 Å². The van der Waals surface area contributed by atoms with E-state index in [1.54, 1.807) is 13.8 Å². The fraction of sp³-hybridized carbons (Fsp3) is 0.515. The first kappa shape index (κ1) is 30.3. The zero-order valence-corrected chi connectivity index (χ0v) is 24.6. The molecule has 0 fully saturated rings. The Bertz CT molecular complexity index is 1280. The van der Waals surface area contributed by atoms with Crippen molar-refractivity contribution in [1.29, 1.82) is 0 Å². The number of esters is 2. The monoisotopic (exact) mass is 536 g/mol. The maximum Gasteiger partial charge on any atom is 0.305 e. The van der Waals surface area contributed by atoms with Crippen LogP contribution in [0.15, 0.2) is 42.5 Å². The SMILES string of the molecule is CCC(=O)OC(CC)COc1c2ccccc2c(OCC(CC)OC(=O)CC)c2cc(C(C)(C)CC)ccc12. The lowest BCUT2D eigenvalue weighted by atomic mass is 9.81. The molecule has 6 heteroatoms. The van der Waals surface area contributed by atoms with E-state index in [2.05, 4.69) is 39.0 Å². The molecule has 0 amide bonds. The van der Waals surface area contributed by atoms with Gasteiger partial charge < -0.3 is 18.9 Å². The fourth-order valence-electron chi connectivity index (χ4n) is 4.40. The van der Waals surface area contributed by atoms with Gasteiger partial charge in [-0.25, -0.2) is 0 Å². The summed E-state index contributed by atoms with van der Waals surface area (Å²) in [7, 11) is 0. The van der Waals surface area contributed by atoms with E-state index in [1.165, 1.54) is 5.56 Å². The van der Waals surface area contributed by atoms with Crippen LogP contribution in [0.5, 0.6) is 11.5 Å². The summed E-state index contributed by atoms with van der Waals surface area (Å²) in [5, 5.41) is 3.70.